The molecular weight excluding hydrogens is 258 g/mol. The molecular formula is C15H16ClN3. The Morgan fingerprint density at radius 1 is 1.21 bits per heavy atom. The summed E-state index contributed by atoms with van der Waals surface area (Å²) in [6, 6.07) is 13.5. The third-order valence-electron chi connectivity index (χ3n) is 3.00. The quantitative estimate of drug-likeness (QED) is 0.662. The normalized spacial score (nSPS) is 10.3. The van der Waals surface area contributed by atoms with Crippen molar-refractivity contribution < 1.29 is 0 Å². The molecule has 0 amide bonds. The van der Waals surface area contributed by atoms with Gasteiger partial charge in [0.05, 0.1) is 5.69 Å². The number of hydrogen-bond donors (Lipinski definition) is 2. The summed E-state index contributed by atoms with van der Waals surface area (Å²) in [7, 11) is 1.94. The molecule has 2 rings (SSSR count). The lowest BCUT2D eigenvalue weighted by Gasteiger charge is -2.23. The second-order valence-corrected chi connectivity index (χ2v) is 4.91. The second-order valence-electron chi connectivity index (χ2n) is 4.47. The molecule has 0 fully saturated rings. The number of halogens is 1. The van der Waals surface area contributed by atoms with E-state index in [1.807, 2.05) is 43.1 Å². The molecule has 4 heteroatoms. The van der Waals surface area contributed by atoms with Crippen LogP contribution in [0.15, 0.2) is 42.5 Å². The summed E-state index contributed by atoms with van der Waals surface area (Å²) in [6.07, 6.45) is 0. The number of nitrogens with two attached hydrogens (primary N) is 1. The maximum atomic E-state index is 7.65. The number of nitrogens with zero attached hydrogens (tertiary/aromatic N) is 1. The number of nitrogens with one attached hydrogen (secondary N) is 1. The third kappa shape index (κ3) is 2.88. The second kappa shape index (κ2) is 5.33. The molecule has 0 aliphatic heterocycles. The smallest absolute Gasteiger partial charge is 0.124 e. The van der Waals surface area contributed by atoms with Gasteiger partial charge in [0.1, 0.15) is 5.84 Å². The highest BCUT2D eigenvalue weighted by Gasteiger charge is 2.12. The lowest BCUT2D eigenvalue weighted by molar-refractivity contribution is 1.19. The van der Waals surface area contributed by atoms with E-state index >= 15 is 0 Å². The highest BCUT2D eigenvalue weighted by molar-refractivity contribution is 6.31. The van der Waals surface area contributed by atoms with Crippen LogP contribution in [-0.4, -0.2) is 12.9 Å². The van der Waals surface area contributed by atoms with Crippen molar-refractivity contribution in [2.75, 3.05) is 11.9 Å². The van der Waals surface area contributed by atoms with E-state index < -0.39 is 0 Å². The highest BCUT2D eigenvalue weighted by atomic mass is 35.5. The Kier molecular flexibility index (Phi) is 3.76. The number of anilines is 2. The molecule has 0 spiro atoms. The summed E-state index contributed by atoms with van der Waals surface area (Å²) in [4.78, 5) is 1.98. The van der Waals surface area contributed by atoms with Gasteiger partial charge in [0.15, 0.2) is 0 Å². The Labute approximate surface area is 118 Å². The first kappa shape index (κ1) is 13.4. The lowest BCUT2D eigenvalue weighted by atomic mass is 10.1. The van der Waals surface area contributed by atoms with Crippen molar-refractivity contribution in [2.45, 2.75) is 6.92 Å². The maximum absolute atomic E-state index is 7.65. The van der Waals surface area contributed by atoms with Crippen molar-refractivity contribution in [3.05, 3.63) is 58.6 Å². The Morgan fingerprint density at radius 2 is 1.95 bits per heavy atom. The van der Waals surface area contributed by atoms with Crippen molar-refractivity contribution in [1.82, 2.24) is 0 Å². The van der Waals surface area contributed by atoms with Crippen LogP contribution in [0.4, 0.5) is 11.4 Å². The van der Waals surface area contributed by atoms with Gasteiger partial charge in [-0.05, 0) is 42.8 Å². The third-order valence-corrected chi connectivity index (χ3v) is 3.24. The van der Waals surface area contributed by atoms with Gasteiger partial charge in [0.25, 0.3) is 0 Å². The minimum Gasteiger partial charge on any atom is -0.384 e. The molecule has 19 heavy (non-hydrogen) atoms. The number of benzene rings is 2. The van der Waals surface area contributed by atoms with Crippen molar-refractivity contribution in [3.8, 4) is 0 Å². The number of rotatable bonds is 3. The van der Waals surface area contributed by atoms with Crippen LogP contribution in [0.1, 0.15) is 11.1 Å². The van der Waals surface area contributed by atoms with Gasteiger partial charge in [-0.2, -0.15) is 0 Å². The van der Waals surface area contributed by atoms with E-state index in [4.69, 9.17) is 22.7 Å². The van der Waals surface area contributed by atoms with E-state index in [1.54, 1.807) is 12.1 Å². The number of aryl methyl sites for hydroxylation is 1. The van der Waals surface area contributed by atoms with Crippen LogP contribution >= 0.6 is 11.6 Å². The van der Waals surface area contributed by atoms with E-state index in [2.05, 4.69) is 6.07 Å². The summed E-state index contributed by atoms with van der Waals surface area (Å²) in [5, 5.41) is 8.28. The molecule has 98 valence electrons. The molecule has 0 aromatic heterocycles. The molecule has 0 saturated carbocycles. The Bertz CT molecular complexity index is 623. The molecule has 2 aromatic rings. The predicted molar refractivity (Wildman–Crippen MR) is 81.7 cm³/mol. The van der Waals surface area contributed by atoms with Crippen LogP contribution in [0.25, 0.3) is 0 Å². The first-order valence-corrected chi connectivity index (χ1v) is 6.31. The zero-order valence-corrected chi connectivity index (χ0v) is 11.7. The van der Waals surface area contributed by atoms with Crippen molar-refractivity contribution in [3.63, 3.8) is 0 Å². The molecule has 3 nitrogen and oxygen atoms in total. The summed E-state index contributed by atoms with van der Waals surface area (Å²) in [5.41, 5.74) is 9.33. The zero-order chi connectivity index (χ0) is 14.0. The number of hydrogen-bond acceptors (Lipinski definition) is 2. The largest absolute Gasteiger partial charge is 0.384 e. The van der Waals surface area contributed by atoms with Gasteiger partial charge < -0.3 is 10.6 Å². The summed E-state index contributed by atoms with van der Waals surface area (Å²) >= 11 is 6.05. The van der Waals surface area contributed by atoms with Crippen LogP contribution in [0.2, 0.25) is 5.02 Å². The summed E-state index contributed by atoms with van der Waals surface area (Å²) in [6.45, 7) is 2.04. The van der Waals surface area contributed by atoms with Gasteiger partial charge in [0, 0.05) is 23.3 Å². The van der Waals surface area contributed by atoms with Crippen LogP contribution in [0.5, 0.6) is 0 Å². The van der Waals surface area contributed by atoms with Crippen LogP contribution in [-0.2, 0) is 0 Å². The van der Waals surface area contributed by atoms with Crippen molar-refractivity contribution in [1.29, 1.82) is 5.41 Å². The maximum Gasteiger partial charge on any atom is 0.124 e. The number of nitrogen functional groups attached to an aromatic ring is 1. The van der Waals surface area contributed by atoms with Gasteiger partial charge in [-0.3, -0.25) is 5.41 Å². The lowest BCUT2D eigenvalue weighted by Crippen LogP contribution is -2.18. The molecule has 0 saturated heterocycles. The van der Waals surface area contributed by atoms with Gasteiger partial charge in [0.2, 0.25) is 0 Å². The molecule has 0 bridgehead atoms. The van der Waals surface area contributed by atoms with Crippen LogP contribution in [0, 0.1) is 12.3 Å². The summed E-state index contributed by atoms with van der Waals surface area (Å²) in [5.74, 6) is 0.0335. The van der Waals surface area contributed by atoms with Crippen LogP contribution in [0.3, 0.4) is 0 Å². The van der Waals surface area contributed by atoms with Gasteiger partial charge >= 0.3 is 0 Å². The van der Waals surface area contributed by atoms with E-state index in [0.29, 0.717) is 10.6 Å². The molecule has 2 aromatic carbocycles. The van der Waals surface area contributed by atoms with E-state index in [9.17, 15) is 0 Å². The number of amidine groups is 1. The molecule has 0 radical (unpaired) electrons. The molecule has 0 unspecified atom stereocenters. The first-order chi connectivity index (χ1) is 8.99. The average molecular weight is 274 g/mol. The fourth-order valence-electron chi connectivity index (χ4n) is 1.99. The molecule has 0 atom stereocenters. The Hall–Kier alpha value is -2.00. The Balaban J connectivity index is 2.51. The standard InChI is InChI=1S/C15H16ClN3/c1-10-4-3-5-12(8-10)19(2)14-9-11(16)6-7-13(14)15(17)18/h3-9H,1-2H3,(H3,17,18). The molecule has 0 heterocycles. The Morgan fingerprint density at radius 3 is 2.58 bits per heavy atom. The molecule has 0 aliphatic rings. The minimum absolute atomic E-state index is 0.0335. The molecule has 3 N–H and O–H groups in total. The summed E-state index contributed by atoms with van der Waals surface area (Å²) < 4.78 is 0. The van der Waals surface area contributed by atoms with Crippen LogP contribution < -0.4 is 10.6 Å². The van der Waals surface area contributed by atoms with Gasteiger partial charge in [-0.15, -0.1) is 0 Å². The predicted octanol–water partition coefficient (Wildman–Crippen LogP) is 3.70. The monoisotopic (exact) mass is 273 g/mol. The zero-order valence-electron chi connectivity index (χ0n) is 10.9. The first-order valence-electron chi connectivity index (χ1n) is 5.93. The highest BCUT2D eigenvalue weighted by Crippen LogP contribution is 2.29. The van der Waals surface area contributed by atoms with Gasteiger partial charge in [-0.1, -0.05) is 23.7 Å². The minimum atomic E-state index is 0.0335. The van der Waals surface area contributed by atoms with E-state index in [1.165, 1.54) is 5.56 Å². The molecule has 0 aliphatic carbocycles. The fourth-order valence-corrected chi connectivity index (χ4v) is 2.15. The van der Waals surface area contributed by atoms with Crippen molar-refractivity contribution >= 4 is 28.8 Å². The average Bonchev–Trinajstić information content (AvgIpc) is 2.37. The topological polar surface area (TPSA) is 53.1 Å². The van der Waals surface area contributed by atoms with Gasteiger partial charge in [-0.25, -0.2) is 0 Å². The van der Waals surface area contributed by atoms with Crippen molar-refractivity contribution in [2.24, 2.45) is 5.73 Å². The fraction of sp³-hybridized carbons (Fsp3) is 0.133. The van der Waals surface area contributed by atoms with E-state index in [0.717, 1.165) is 11.4 Å². The SMILES string of the molecule is Cc1cccc(N(C)c2cc(Cl)ccc2C(=N)N)c1. The van der Waals surface area contributed by atoms with E-state index in [-0.39, 0.29) is 5.84 Å².